The highest BCUT2D eigenvalue weighted by Crippen LogP contribution is 2.28. The van der Waals surface area contributed by atoms with E-state index < -0.39 is 5.95 Å². The molecule has 0 saturated carbocycles. The first-order valence-electron chi connectivity index (χ1n) is 6.37. The van der Waals surface area contributed by atoms with Gasteiger partial charge in [0, 0.05) is 31.0 Å². The quantitative estimate of drug-likeness (QED) is 0.809. The number of carbonyl (C=O) groups excluding carboxylic acids is 1. The highest BCUT2D eigenvalue weighted by molar-refractivity contribution is 5.83. The van der Waals surface area contributed by atoms with Crippen molar-refractivity contribution in [1.82, 2.24) is 9.88 Å². The van der Waals surface area contributed by atoms with Crippen LogP contribution in [-0.2, 0) is 11.3 Å². The highest BCUT2D eigenvalue weighted by Gasteiger charge is 2.17. The van der Waals surface area contributed by atoms with Crippen LogP contribution in [-0.4, -0.2) is 29.4 Å². The summed E-state index contributed by atoms with van der Waals surface area (Å²) in [6.45, 7) is 0.805. The number of amides is 1. The zero-order valence-electron chi connectivity index (χ0n) is 11.1. The Labute approximate surface area is 116 Å². The minimum absolute atomic E-state index is 0.0373. The van der Waals surface area contributed by atoms with Crippen molar-refractivity contribution >= 4 is 11.6 Å². The molecule has 5 heteroatoms. The fourth-order valence-electron chi connectivity index (χ4n) is 2.30. The molecule has 0 spiro atoms. The van der Waals surface area contributed by atoms with Crippen LogP contribution < -0.4 is 5.32 Å². The third-order valence-corrected chi connectivity index (χ3v) is 3.44. The van der Waals surface area contributed by atoms with Crippen LogP contribution in [0.15, 0.2) is 36.5 Å². The molecule has 1 aliphatic heterocycles. The third kappa shape index (κ3) is 2.22. The van der Waals surface area contributed by atoms with Gasteiger partial charge < -0.3 is 10.2 Å². The van der Waals surface area contributed by atoms with Gasteiger partial charge in [0.05, 0.1) is 6.54 Å². The van der Waals surface area contributed by atoms with E-state index in [0.29, 0.717) is 12.1 Å². The predicted molar refractivity (Wildman–Crippen MR) is 74.6 cm³/mol. The van der Waals surface area contributed by atoms with Crippen molar-refractivity contribution in [3.05, 3.63) is 48.0 Å². The first-order chi connectivity index (χ1) is 9.65. The smallest absolute Gasteiger partial charge is 0.241 e. The van der Waals surface area contributed by atoms with Crippen LogP contribution >= 0.6 is 0 Å². The number of benzene rings is 1. The normalized spacial score (nSPS) is 14.5. The average molecular weight is 271 g/mol. The number of carbonyl (C=O) groups is 1. The van der Waals surface area contributed by atoms with E-state index in [-0.39, 0.29) is 12.5 Å². The van der Waals surface area contributed by atoms with Crippen molar-refractivity contribution in [2.75, 3.05) is 18.9 Å². The summed E-state index contributed by atoms with van der Waals surface area (Å²) in [7, 11) is 1.77. The number of hydrogen-bond donors (Lipinski definition) is 1. The number of likely N-dealkylation sites (N-methyl/N-ethyl adjacent to an activating group) is 1. The first-order valence-corrected chi connectivity index (χ1v) is 6.37. The molecule has 0 aliphatic carbocycles. The molecule has 0 unspecified atom stereocenters. The number of rotatable bonds is 1. The van der Waals surface area contributed by atoms with Crippen molar-refractivity contribution < 1.29 is 9.18 Å². The topological polar surface area (TPSA) is 45.2 Å². The van der Waals surface area contributed by atoms with Crippen LogP contribution in [0.5, 0.6) is 0 Å². The molecule has 0 bridgehead atoms. The van der Waals surface area contributed by atoms with Gasteiger partial charge in [-0.2, -0.15) is 4.39 Å². The highest BCUT2D eigenvalue weighted by atomic mass is 19.1. The summed E-state index contributed by atoms with van der Waals surface area (Å²) < 4.78 is 13.7. The Kier molecular flexibility index (Phi) is 3.10. The molecule has 1 amide bonds. The largest absolute Gasteiger partial charge is 0.376 e. The van der Waals surface area contributed by atoms with Crippen molar-refractivity contribution in [2.45, 2.75) is 6.54 Å². The molecule has 0 atom stereocenters. The first kappa shape index (κ1) is 12.6. The number of hydrogen-bond acceptors (Lipinski definition) is 3. The van der Waals surface area contributed by atoms with Crippen LogP contribution in [0.1, 0.15) is 5.56 Å². The zero-order valence-corrected chi connectivity index (χ0v) is 11.1. The lowest BCUT2D eigenvalue weighted by atomic mass is 10.0. The Hall–Kier alpha value is -2.43. The molecule has 1 N–H and O–H groups in total. The van der Waals surface area contributed by atoms with Crippen molar-refractivity contribution in [3.8, 4) is 11.1 Å². The van der Waals surface area contributed by atoms with Gasteiger partial charge in [0.1, 0.15) is 0 Å². The average Bonchev–Trinajstić information content (AvgIpc) is 2.59. The monoisotopic (exact) mass is 271 g/mol. The second kappa shape index (κ2) is 4.92. The fraction of sp³-hybridized carbons (Fsp3) is 0.200. The molecule has 1 aromatic carbocycles. The van der Waals surface area contributed by atoms with Gasteiger partial charge in [0.2, 0.25) is 11.9 Å². The summed E-state index contributed by atoms with van der Waals surface area (Å²) >= 11 is 0. The molecular formula is C15H14FN3O. The molecule has 2 heterocycles. The summed E-state index contributed by atoms with van der Waals surface area (Å²) in [5.74, 6) is -0.454. The summed E-state index contributed by atoms with van der Waals surface area (Å²) in [5.41, 5.74) is 3.09. The molecular weight excluding hydrogens is 257 g/mol. The minimum Gasteiger partial charge on any atom is -0.376 e. The van der Waals surface area contributed by atoms with Crippen LogP contribution in [0.25, 0.3) is 11.1 Å². The zero-order chi connectivity index (χ0) is 14.1. The van der Waals surface area contributed by atoms with E-state index >= 15 is 0 Å². The predicted octanol–water partition coefficient (Wildman–Crippen LogP) is 2.27. The van der Waals surface area contributed by atoms with Gasteiger partial charge >= 0.3 is 0 Å². The third-order valence-electron chi connectivity index (χ3n) is 3.44. The van der Waals surface area contributed by atoms with E-state index in [4.69, 9.17) is 0 Å². The van der Waals surface area contributed by atoms with E-state index in [1.807, 2.05) is 18.2 Å². The van der Waals surface area contributed by atoms with Gasteiger partial charge in [0.25, 0.3) is 0 Å². The Balaban J connectivity index is 2.02. The van der Waals surface area contributed by atoms with E-state index in [0.717, 1.165) is 16.8 Å². The SMILES string of the molecule is CN1Cc2ccc(-c3cccnc3F)cc2NCC1=O. The summed E-state index contributed by atoms with van der Waals surface area (Å²) in [6.07, 6.45) is 1.42. The minimum atomic E-state index is -0.491. The molecule has 20 heavy (non-hydrogen) atoms. The van der Waals surface area contributed by atoms with E-state index in [1.165, 1.54) is 6.20 Å². The second-order valence-corrected chi connectivity index (χ2v) is 4.82. The van der Waals surface area contributed by atoms with Gasteiger partial charge in [-0.1, -0.05) is 12.1 Å². The number of pyridine rings is 1. The maximum atomic E-state index is 13.7. The van der Waals surface area contributed by atoms with Gasteiger partial charge in [-0.3, -0.25) is 4.79 Å². The van der Waals surface area contributed by atoms with Crippen molar-refractivity contribution in [1.29, 1.82) is 0 Å². The van der Waals surface area contributed by atoms with Crippen molar-refractivity contribution in [3.63, 3.8) is 0 Å². The van der Waals surface area contributed by atoms with Crippen LogP contribution in [0.4, 0.5) is 10.1 Å². The number of nitrogens with one attached hydrogen (secondary N) is 1. The van der Waals surface area contributed by atoms with Gasteiger partial charge in [-0.15, -0.1) is 0 Å². The maximum Gasteiger partial charge on any atom is 0.241 e. The lowest BCUT2D eigenvalue weighted by Gasteiger charge is -2.13. The second-order valence-electron chi connectivity index (χ2n) is 4.82. The summed E-state index contributed by atoms with van der Waals surface area (Å²) in [6, 6.07) is 9.03. The van der Waals surface area contributed by atoms with Crippen molar-refractivity contribution in [2.24, 2.45) is 0 Å². The summed E-state index contributed by atoms with van der Waals surface area (Å²) in [4.78, 5) is 17.0. The number of halogens is 1. The maximum absolute atomic E-state index is 13.7. The number of nitrogens with zero attached hydrogens (tertiary/aromatic N) is 2. The van der Waals surface area contributed by atoms with Gasteiger partial charge in [0.15, 0.2) is 0 Å². The molecule has 3 rings (SSSR count). The Morgan fingerprint density at radius 1 is 1.35 bits per heavy atom. The number of anilines is 1. The molecule has 0 radical (unpaired) electrons. The van der Waals surface area contributed by atoms with Crippen LogP contribution in [0.2, 0.25) is 0 Å². The fourth-order valence-corrected chi connectivity index (χ4v) is 2.30. The van der Waals surface area contributed by atoms with Gasteiger partial charge in [-0.05, 0) is 29.3 Å². The Morgan fingerprint density at radius 3 is 3.00 bits per heavy atom. The lowest BCUT2D eigenvalue weighted by Crippen LogP contribution is -2.28. The van der Waals surface area contributed by atoms with Gasteiger partial charge in [-0.25, -0.2) is 4.98 Å². The molecule has 0 fully saturated rings. The number of fused-ring (bicyclic) bond motifs is 1. The molecule has 1 aliphatic rings. The van der Waals surface area contributed by atoms with E-state index in [1.54, 1.807) is 24.1 Å². The van der Waals surface area contributed by atoms with Crippen LogP contribution in [0, 0.1) is 5.95 Å². The molecule has 2 aromatic rings. The van der Waals surface area contributed by atoms with Crippen LogP contribution in [0.3, 0.4) is 0 Å². The molecule has 102 valence electrons. The Morgan fingerprint density at radius 2 is 2.20 bits per heavy atom. The van der Waals surface area contributed by atoms with E-state index in [9.17, 15) is 9.18 Å². The number of aromatic nitrogens is 1. The molecule has 1 aromatic heterocycles. The summed E-state index contributed by atoms with van der Waals surface area (Å²) in [5, 5.41) is 3.10. The lowest BCUT2D eigenvalue weighted by molar-refractivity contribution is -0.128. The molecule has 4 nitrogen and oxygen atoms in total. The molecule has 0 saturated heterocycles. The Bertz CT molecular complexity index is 672. The standard InChI is InChI=1S/C15H14FN3O/c1-19-9-11-5-4-10(7-13(11)18-8-14(19)20)12-3-2-6-17-15(12)16/h2-7,18H,8-9H2,1H3. The van der Waals surface area contributed by atoms with E-state index in [2.05, 4.69) is 10.3 Å².